The van der Waals surface area contributed by atoms with Gasteiger partial charge in [0.25, 0.3) is 0 Å². The van der Waals surface area contributed by atoms with Gasteiger partial charge in [0, 0.05) is 16.8 Å². The molecule has 88 valence electrons. The predicted molar refractivity (Wildman–Crippen MR) is 71.3 cm³/mol. The molecule has 0 spiro atoms. The maximum absolute atomic E-state index is 5.25. The third-order valence-electron chi connectivity index (χ3n) is 2.13. The fraction of sp³-hybridized carbons (Fsp3) is 0.0909. The summed E-state index contributed by atoms with van der Waals surface area (Å²) in [6.07, 6.45) is 3.68. The largest absolute Gasteiger partial charge is 0.340 e. The van der Waals surface area contributed by atoms with E-state index in [1.807, 2.05) is 18.4 Å². The minimum absolute atomic E-state index is 0.385. The van der Waals surface area contributed by atoms with E-state index in [2.05, 4.69) is 32.8 Å². The zero-order chi connectivity index (χ0) is 12.1. The molecule has 0 fully saturated rings. The first kappa shape index (κ1) is 11.7. The van der Waals surface area contributed by atoms with Crippen molar-refractivity contribution < 1.29 is 0 Å². The number of hydrogen-bond acceptors (Lipinski definition) is 6. The number of nitrogen functional groups attached to an aromatic ring is 1. The molecule has 2 aromatic rings. The van der Waals surface area contributed by atoms with Crippen LogP contribution in [0, 0.1) is 0 Å². The van der Waals surface area contributed by atoms with Crippen LogP contribution in [0.5, 0.6) is 0 Å². The van der Waals surface area contributed by atoms with Gasteiger partial charge < -0.3 is 5.32 Å². The van der Waals surface area contributed by atoms with Gasteiger partial charge in [-0.05, 0) is 30.5 Å². The van der Waals surface area contributed by atoms with Crippen LogP contribution in [0.25, 0.3) is 0 Å². The molecule has 1 aromatic carbocycles. The van der Waals surface area contributed by atoms with Gasteiger partial charge in [0.05, 0.1) is 0 Å². The summed E-state index contributed by atoms with van der Waals surface area (Å²) in [5.74, 6) is 6.34. The van der Waals surface area contributed by atoms with Crippen LogP contribution in [-0.2, 0) is 0 Å². The molecule has 1 aromatic heterocycles. The van der Waals surface area contributed by atoms with Gasteiger partial charge in [0.15, 0.2) is 0 Å². The fourth-order valence-corrected chi connectivity index (χ4v) is 1.81. The number of hydrazine groups is 1. The first-order chi connectivity index (χ1) is 8.31. The summed E-state index contributed by atoms with van der Waals surface area (Å²) in [4.78, 5) is 9.31. The molecule has 0 bridgehead atoms. The van der Waals surface area contributed by atoms with Gasteiger partial charge in [0.1, 0.15) is 5.82 Å². The van der Waals surface area contributed by atoms with E-state index in [1.165, 1.54) is 4.90 Å². The minimum atomic E-state index is 0.385. The third kappa shape index (κ3) is 3.08. The first-order valence-corrected chi connectivity index (χ1v) is 6.25. The molecule has 0 aliphatic heterocycles. The van der Waals surface area contributed by atoms with Crippen molar-refractivity contribution in [1.29, 1.82) is 0 Å². The fourth-order valence-electron chi connectivity index (χ4n) is 1.35. The highest BCUT2D eigenvalue weighted by molar-refractivity contribution is 7.98. The van der Waals surface area contributed by atoms with Crippen molar-refractivity contribution in [2.75, 3.05) is 17.0 Å². The Balaban J connectivity index is 2.18. The summed E-state index contributed by atoms with van der Waals surface area (Å²) >= 11 is 1.70. The number of benzene rings is 1. The van der Waals surface area contributed by atoms with Gasteiger partial charge in [-0.2, -0.15) is 4.98 Å². The molecule has 0 saturated carbocycles. The van der Waals surface area contributed by atoms with E-state index in [1.54, 1.807) is 24.0 Å². The Kier molecular flexibility index (Phi) is 3.79. The lowest BCUT2D eigenvalue weighted by molar-refractivity contribution is 1.12. The maximum Gasteiger partial charge on any atom is 0.239 e. The highest BCUT2D eigenvalue weighted by Gasteiger charge is 1.99. The second-order valence-electron chi connectivity index (χ2n) is 3.27. The molecule has 0 unspecified atom stereocenters. The molecule has 0 aliphatic carbocycles. The zero-order valence-corrected chi connectivity index (χ0v) is 10.2. The van der Waals surface area contributed by atoms with Crippen LogP contribution in [0.2, 0.25) is 0 Å². The van der Waals surface area contributed by atoms with E-state index in [4.69, 9.17) is 5.84 Å². The van der Waals surface area contributed by atoms with Crippen molar-refractivity contribution in [2.45, 2.75) is 4.90 Å². The summed E-state index contributed by atoms with van der Waals surface area (Å²) in [7, 11) is 0. The molecule has 0 atom stereocenters. The number of rotatable bonds is 4. The lowest BCUT2D eigenvalue weighted by Gasteiger charge is -2.07. The number of nitrogens with two attached hydrogens (primary N) is 1. The lowest BCUT2D eigenvalue weighted by Crippen LogP contribution is -2.10. The highest BCUT2D eigenvalue weighted by Crippen LogP contribution is 2.21. The molecule has 0 aliphatic rings. The molecule has 0 saturated heterocycles. The summed E-state index contributed by atoms with van der Waals surface area (Å²) in [5.41, 5.74) is 3.39. The number of nitrogens with one attached hydrogen (secondary N) is 2. The molecule has 4 N–H and O–H groups in total. The molecular formula is C11H13N5S. The highest BCUT2D eigenvalue weighted by atomic mass is 32.2. The van der Waals surface area contributed by atoms with Crippen LogP contribution >= 0.6 is 11.8 Å². The average Bonchev–Trinajstić information content (AvgIpc) is 2.39. The number of aromatic nitrogens is 2. The van der Waals surface area contributed by atoms with Crippen LogP contribution in [0.3, 0.4) is 0 Å². The van der Waals surface area contributed by atoms with Crippen LogP contribution < -0.4 is 16.6 Å². The summed E-state index contributed by atoms with van der Waals surface area (Å²) in [6, 6.07) is 9.88. The molecule has 17 heavy (non-hydrogen) atoms. The van der Waals surface area contributed by atoms with E-state index in [-0.39, 0.29) is 0 Å². The second kappa shape index (κ2) is 5.51. The Morgan fingerprint density at radius 2 is 2.18 bits per heavy atom. The van der Waals surface area contributed by atoms with Crippen molar-refractivity contribution in [3.63, 3.8) is 0 Å². The SMILES string of the molecule is CSc1cccc(Nc2ccnc(NN)n2)c1. The van der Waals surface area contributed by atoms with Crippen molar-refractivity contribution in [3.05, 3.63) is 36.5 Å². The van der Waals surface area contributed by atoms with E-state index < -0.39 is 0 Å². The first-order valence-electron chi connectivity index (χ1n) is 5.02. The number of nitrogens with zero attached hydrogens (tertiary/aromatic N) is 2. The second-order valence-corrected chi connectivity index (χ2v) is 4.15. The Morgan fingerprint density at radius 3 is 2.94 bits per heavy atom. The standard InChI is InChI=1S/C11H13N5S/c1-17-9-4-2-3-8(7-9)14-10-5-6-13-11(15-10)16-12/h2-7H,12H2,1H3,(H2,13,14,15,16). The van der Waals surface area contributed by atoms with E-state index in [0.717, 1.165) is 5.69 Å². The van der Waals surface area contributed by atoms with E-state index >= 15 is 0 Å². The molecule has 2 rings (SSSR count). The Morgan fingerprint density at radius 1 is 1.29 bits per heavy atom. The van der Waals surface area contributed by atoms with E-state index in [0.29, 0.717) is 11.8 Å². The monoisotopic (exact) mass is 247 g/mol. The van der Waals surface area contributed by atoms with Crippen molar-refractivity contribution in [1.82, 2.24) is 9.97 Å². The number of anilines is 3. The van der Waals surface area contributed by atoms with Crippen molar-refractivity contribution >= 4 is 29.2 Å². The molecular weight excluding hydrogens is 234 g/mol. The third-order valence-corrected chi connectivity index (χ3v) is 2.85. The predicted octanol–water partition coefficient (Wildman–Crippen LogP) is 2.23. The smallest absolute Gasteiger partial charge is 0.239 e. The topological polar surface area (TPSA) is 75.9 Å². The molecule has 5 nitrogen and oxygen atoms in total. The molecule has 0 radical (unpaired) electrons. The maximum atomic E-state index is 5.25. The average molecular weight is 247 g/mol. The van der Waals surface area contributed by atoms with Crippen molar-refractivity contribution in [2.24, 2.45) is 5.84 Å². The van der Waals surface area contributed by atoms with Gasteiger partial charge in [-0.15, -0.1) is 11.8 Å². The summed E-state index contributed by atoms with van der Waals surface area (Å²) in [6.45, 7) is 0. The molecule has 1 heterocycles. The van der Waals surface area contributed by atoms with Crippen LogP contribution in [0.1, 0.15) is 0 Å². The van der Waals surface area contributed by atoms with Crippen LogP contribution in [0.4, 0.5) is 17.5 Å². The van der Waals surface area contributed by atoms with Gasteiger partial charge in [-0.1, -0.05) is 6.07 Å². The van der Waals surface area contributed by atoms with Crippen molar-refractivity contribution in [3.8, 4) is 0 Å². The van der Waals surface area contributed by atoms with Crippen LogP contribution in [0.15, 0.2) is 41.4 Å². The lowest BCUT2D eigenvalue weighted by atomic mass is 10.3. The zero-order valence-electron chi connectivity index (χ0n) is 9.34. The summed E-state index contributed by atoms with van der Waals surface area (Å²) in [5, 5.41) is 3.19. The number of thioether (sulfide) groups is 1. The normalized spacial score (nSPS) is 10.0. The van der Waals surface area contributed by atoms with Gasteiger partial charge >= 0.3 is 0 Å². The molecule has 6 heteroatoms. The Bertz CT molecular complexity index is 457. The number of hydrogen-bond donors (Lipinski definition) is 3. The molecule has 0 amide bonds. The van der Waals surface area contributed by atoms with E-state index in [9.17, 15) is 0 Å². The van der Waals surface area contributed by atoms with Crippen LogP contribution in [-0.4, -0.2) is 16.2 Å². The Hall–Kier alpha value is -1.79. The Labute approximate surface area is 104 Å². The van der Waals surface area contributed by atoms with Gasteiger partial charge in [0.2, 0.25) is 5.95 Å². The minimum Gasteiger partial charge on any atom is -0.340 e. The quantitative estimate of drug-likeness (QED) is 0.437. The van der Waals surface area contributed by atoms with Gasteiger partial charge in [-0.25, -0.2) is 10.8 Å². The summed E-state index contributed by atoms with van der Waals surface area (Å²) < 4.78 is 0. The van der Waals surface area contributed by atoms with Gasteiger partial charge in [-0.3, -0.25) is 5.43 Å².